The van der Waals surface area contributed by atoms with Gasteiger partial charge >= 0.3 is 0 Å². The van der Waals surface area contributed by atoms with E-state index in [0.29, 0.717) is 11.7 Å². The number of benzene rings is 2. The topological polar surface area (TPSA) is 85.8 Å². The highest BCUT2D eigenvalue weighted by Crippen LogP contribution is 2.32. The zero-order valence-electron chi connectivity index (χ0n) is 14.7. The van der Waals surface area contributed by atoms with Crippen molar-refractivity contribution in [1.82, 2.24) is 15.3 Å². The maximum absolute atomic E-state index is 8.07. The van der Waals surface area contributed by atoms with Crippen LogP contribution < -0.4 is 15.4 Å². The van der Waals surface area contributed by atoms with Gasteiger partial charge in [-0.1, -0.05) is 30.3 Å². The molecular weight excluding hydrogens is 358 g/mol. The van der Waals surface area contributed by atoms with E-state index in [4.69, 9.17) is 10.1 Å². The molecule has 27 heavy (non-hydrogen) atoms. The second kappa shape index (κ2) is 7.51. The van der Waals surface area contributed by atoms with Crippen molar-refractivity contribution in [3.05, 3.63) is 65.7 Å². The van der Waals surface area contributed by atoms with Crippen LogP contribution >= 0.6 is 11.3 Å². The monoisotopic (exact) mass is 377 g/mol. The van der Waals surface area contributed by atoms with Gasteiger partial charge in [-0.2, -0.15) is 0 Å². The first kappa shape index (κ1) is 17.1. The van der Waals surface area contributed by atoms with Crippen molar-refractivity contribution in [3.8, 4) is 17.0 Å². The molecule has 0 atom stereocenters. The summed E-state index contributed by atoms with van der Waals surface area (Å²) in [4.78, 5) is 7.88. The first-order chi connectivity index (χ1) is 13.2. The van der Waals surface area contributed by atoms with Gasteiger partial charge in [0.2, 0.25) is 0 Å². The lowest BCUT2D eigenvalue weighted by molar-refractivity contribution is 0.415. The van der Waals surface area contributed by atoms with Crippen LogP contribution in [0.5, 0.6) is 5.75 Å². The predicted molar refractivity (Wildman–Crippen MR) is 111 cm³/mol. The molecule has 0 radical (unpaired) electrons. The van der Waals surface area contributed by atoms with E-state index in [1.54, 1.807) is 7.11 Å². The van der Waals surface area contributed by atoms with Crippen LogP contribution in [0.25, 0.3) is 22.2 Å². The number of aromatic nitrogens is 2. The van der Waals surface area contributed by atoms with Crippen LogP contribution in [0.2, 0.25) is 0 Å². The number of thiazole rings is 1. The maximum atomic E-state index is 8.07. The van der Waals surface area contributed by atoms with Gasteiger partial charge in [0.1, 0.15) is 5.75 Å². The minimum absolute atomic E-state index is 0.223. The van der Waals surface area contributed by atoms with Crippen molar-refractivity contribution in [2.45, 2.75) is 6.54 Å². The Hall–Kier alpha value is -3.32. The predicted octanol–water partition coefficient (Wildman–Crippen LogP) is 4.44. The minimum atomic E-state index is 0.223. The molecule has 4 rings (SSSR count). The van der Waals surface area contributed by atoms with Crippen LogP contribution in [0.15, 0.2) is 60.1 Å². The fraction of sp³-hybridized carbons (Fsp3) is 0.100. The van der Waals surface area contributed by atoms with Crippen molar-refractivity contribution in [1.29, 1.82) is 5.41 Å². The highest BCUT2D eigenvalue weighted by Gasteiger charge is 2.11. The normalized spacial score (nSPS) is 10.7. The number of rotatable bonds is 5. The van der Waals surface area contributed by atoms with Gasteiger partial charge in [-0.15, -0.1) is 11.3 Å². The van der Waals surface area contributed by atoms with Crippen LogP contribution in [0.3, 0.4) is 0 Å². The lowest BCUT2D eigenvalue weighted by Gasteiger charge is -2.08. The maximum Gasteiger partial charge on any atom is 0.195 e. The molecule has 0 aliphatic rings. The van der Waals surface area contributed by atoms with Gasteiger partial charge < -0.3 is 20.4 Å². The Balaban J connectivity index is 1.46. The average molecular weight is 377 g/mol. The molecule has 0 amide bonds. The number of ether oxygens (including phenoxy) is 1. The lowest BCUT2D eigenvalue weighted by atomic mass is 10.1. The molecule has 2 aromatic heterocycles. The zero-order valence-corrected chi connectivity index (χ0v) is 15.6. The van der Waals surface area contributed by atoms with Gasteiger partial charge in [-0.25, -0.2) is 4.98 Å². The Morgan fingerprint density at radius 2 is 2.07 bits per heavy atom. The van der Waals surface area contributed by atoms with Gasteiger partial charge in [0.25, 0.3) is 0 Å². The number of guanidine groups is 1. The molecule has 2 heterocycles. The highest BCUT2D eigenvalue weighted by atomic mass is 32.1. The smallest absolute Gasteiger partial charge is 0.195 e. The van der Waals surface area contributed by atoms with Gasteiger partial charge in [0.15, 0.2) is 11.1 Å². The van der Waals surface area contributed by atoms with E-state index in [1.165, 1.54) is 11.3 Å². The Bertz CT molecular complexity index is 1070. The summed E-state index contributed by atoms with van der Waals surface area (Å²) in [6, 6.07) is 15.9. The van der Waals surface area contributed by atoms with Crippen molar-refractivity contribution in [2.75, 3.05) is 12.4 Å². The lowest BCUT2D eigenvalue weighted by Crippen LogP contribution is -2.28. The van der Waals surface area contributed by atoms with E-state index < -0.39 is 0 Å². The molecule has 0 saturated carbocycles. The van der Waals surface area contributed by atoms with E-state index >= 15 is 0 Å². The molecule has 4 aromatic rings. The Kier molecular flexibility index (Phi) is 4.76. The van der Waals surface area contributed by atoms with Crippen LogP contribution in [0.4, 0.5) is 5.13 Å². The molecule has 0 aliphatic heterocycles. The van der Waals surface area contributed by atoms with Crippen molar-refractivity contribution >= 4 is 33.3 Å². The molecule has 0 saturated heterocycles. The third-order valence-corrected chi connectivity index (χ3v) is 4.97. The van der Waals surface area contributed by atoms with E-state index in [1.807, 2.05) is 60.1 Å². The number of nitrogens with zero attached hydrogens (tertiary/aromatic N) is 1. The summed E-state index contributed by atoms with van der Waals surface area (Å²) in [6.45, 7) is 0.590. The van der Waals surface area contributed by atoms with Crippen molar-refractivity contribution < 1.29 is 4.74 Å². The quantitative estimate of drug-likeness (QED) is 0.306. The third kappa shape index (κ3) is 3.78. The largest absolute Gasteiger partial charge is 0.497 e. The Morgan fingerprint density at radius 1 is 1.22 bits per heavy atom. The molecule has 136 valence electrons. The summed E-state index contributed by atoms with van der Waals surface area (Å²) in [5.74, 6) is 1.03. The second-order valence-electron chi connectivity index (χ2n) is 5.99. The summed E-state index contributed by atoms with van der Waals surface area (Å²) in [6.07, 6.45) is 1.95. The Labute approximate surface area is 160 Å². The summed E-state index contributed by atoms with van der Waals surface area (Å²) in [7, 11) is 1.66. The van der Waals surface area contributed by atoms with Gasteiger partial charge in [0.05, 0.1) is 12.8 Å². The fourth-order valence-corrected chi connectivity index (χ4v) is 3.55. The molecular formula is C20H19N5OS. The SMILES string of the molecule is COc1ccc2[nH]cc(-c3csc(NC(=N)NCc4ccccc4)n3)c2c1. The number of fused-ring (bicyclic) bond motifs is 1. The first-order valence-corrected chi connectivity index (χ1v) is 9.35. The minimum Gasteiger partial charge on any atom is -0.497 e. The molecule has 6 nitrogen and oxygen atoms in total. The van der Waals surface area contributed by atoms with Crippen molar-refractivity contribution in [3.63, 3.8) is 0 Å². The Morgan fingerprint density at radius 3 is 2.89 bits per heavy atom. The number of hydrogen-bond donors (Lipinski definition) is 4. The van der Waals surface area contributed by atoms with Gasteiger partial charge in [0, 0.05) is 34.6 Å². The molecule has 0 fully saturated rings. The van der Waals surface area contributed by atoms with Gasteiger partial charge in [-0.3, -0.25) is 5.41 Å². The highest BCUT2D eigenvalue weighted by molar-refractivity contribution is 7.14. The van der Waals surface area contributed by atoms with E-state index in [2.05, 4.69) is 20.6 Å². The molecule has 0 unspecified atom stereocenters. The number of methoxy groups -OCH3 is 1. The third-order valence-electron chi connectivity index (χ3n) is 4.21. The van der Waals surface area contributed by atoms with Crippen LogP contribution in [-0.4, -0.2) is 23.0 Å². The molecule has 4 N–H and O–H groups in total. The fourth-order valence-electron chi connectivity index (χ4n) is 2.83. The van der Waals surface area contributed by atoms with Crippen LogP contribution in [0.1, 0.15) is 5.56 Å². The summed E-state index contributed by atoms with van der Waals surface area (Å²) in [5.41, 5.74) is 4.03. The van der Waals surface area contributed by atoms with E-state index in [-0.39, 0.29) is 5.96 Å². The van der Waals surface area contributed by atoms with Crippen LogP contribution in [-0.2, 0) is 6.54 Å². The van der Waals surface area contributed by atoms with Gasteiger partial charge in [-0.05, 0) is 23.8 Å². The summed E-state index contributed by atoms with van der Waals surface area (Å²) >= 11 is 1.47. The van der Waals surface area contributed by atoms with E-state index in [0.717, 1.165) is 33.5 Å². The van der Waals surface area contributed by atoms with Crippen LogP contribution in [0, 0.1) is 5.41 Å². The standard InChI is InChI=1S/C20H19N5OS/c1-26-14-7-8-17-15(9-14)16(11-22-17)18-12-27-20(24-18)25-19(21)23-10-13-5-3-2-4-6-13/h2-9,11-12,22H,10H2,1H3,(H3,21,23,24,25). The number of aromatic amines is 1. The number of nitrogens with one attached hydrogen (secondary N) is 4. The number of anilines is 1. The molecule has 7 heteroatoms. The average Bonchev–Trinajstić information content (AvgIpc) is 3.33. The number of hydrogen-bond acceptors (Lipinski definition) is 4. The van der Waals surface area contributed by atoms with E-state index in [9.17, 15) is 0 Å². The summed E-state index contributed by atoms with van der Waals surface area (Å²) in [5, 5.41) is 17.8. The number of H-pyrrole nitrogens is 1. The molecule has 0 bridgehead atoms. The van der Waals surface area contributed by atoms with Crippen molar-refractivity contribution in [2.24, 2.45) is 0 Å². The molecule has 0 spiro atoms. The second-order valence-corrected chi connectivity index (χ2v) is 6.85. The first-order valence-electron chi connectivity index (χ1n) is 8.47. The zero-order chi connectivity index (χ0) is 18.6. The molecule has 2 aromatic carbocycles. The summed E-state index contributed by atoms with van der Waals surface area (Å²) < 4.78 is 5.32. The molecule has 0 aliphatic carbocycles.